The highest BCUT2D eigenvalue weighted by atomic mass is 16.5. The molecule has 1 aliphatic heterocycles. The molecule has 0 amide bonds. The van der Waals surface area contributed by atoms with E-state index in [1.165, 1.54) is 25.7 Å². The molecule has 0 radical (unpaired) electrons. The second-order valence-corrected chi connectivity index (χ2v) is 5.46. The van der Waals surface area contributed by atoms with Gasteiger partial charge in [-0.05, 0) is 44.7 Å². The van der Waals surface area contributed by atoms with Crippen molar-refractivity contribution < 1.29 is 9.47 Å². The number of rotatable bonds is 10. The van der Waals surface area contributed by atoms with Crippen LogP contribution in [0.4, 0.5) is 0 Å². The Balaban J connectivity index is 1.72. The van der Waals surface area contributed by atoms with Crippen LogP contribution in [-0.2, 0) is 9.47 Å². The first-order chi connectivity index (χ1) is 8.29. The summed E-state index contributed by atoms with van der Waals surface area (Å²) in [5.41, 5.74) is 0. The van der Waals surface area contributed by atoms with Gasteiger partial charge in [-0.25, -0.2) is 0 Å². The zero-order valence-electron chi connectivity index (χ0n) is 11.5. The molecule has 1 unspecified atom stereocenters. The van der Waals surface area contributed by atoms with Gasteiger partial charge in [0.2, 0.25) is 0 Å². The van der Waals surface area contributed by atoms with E-state index in [1.54, 1.807) is 0 Å². The maximum absolute atomic E-state index is 5.66. The van der Waals surface area contributed by atoms with Crippen molar-refractivity contribution in [2.45, 2.75) is 39.5 Å². The molecule has 1 N–H and O–H groups in total. The van der Waals surface area contributed by atoms with Crippen molar-refractivity contribution in [1.29, 1.82) is 0 Å². The predicted octanol–water partition coefficient (Wildman–Crippen LogP) is 2.46. The molecule has 3 nitrogen and oxygen atoms in total. The lowest BCUT2D eigenvalue weighted by Crippen LogP contribution is -2.20. The fraction of sp³-hybridized carbons (Fsp3) is 1.00. The molecular formula is C14H29NO2. The van der Waals surface area contributed by atoms with Crippen molar-refractivity contribution in [2.24, 2.45) is 11.8 Å². The Kier molecular flexibility index (Phi) is 8.67. The second-order valence-electron chi connectivity index (χ2n) is 5.46. The van der Waals surface area contributed by atoms with Gasteiger partial charge in [-0.15, -0.1) is 0 Å². The minimum absolute atomic E-state index is 0.655. The van der Waals surface area contributed by atoms with Gasteiger partial charge in [-0.3, -0.25) is 0 Å². The Bertz CT molecular complexity index is 168. The molecule has 0 saturated carbocycles. The van der Waals surface area contributed by atoms with Gasteiger partial charge in [0.15, 0.2) is 0 Å². The molecular weight excluding hydrogens is 214 g/mol. The summed E-state index contributed by atoms with van der Waals surface area (Å²) in [6.45, 7) is 10.4. The van der Waals surface area contributed by atoms with E-state index >= 15 is 0 Å². The van der Waals surface area contributed by atoms with Crippen LogP contribution in [0.5, 0.6) is 0 Å². The van der Waals surface area contributed by atoms with Gasteiger partial charge >= 0.3 is 0 Å². The molecule has 0 aromatic rings. The SMILES string of the molecule is CC(C)CNCCCCCOCC1CCOC1. The van der Waals surface area contributed by atoms with Gasteiger partial charge in [0.25, 0.3) is 0 Å². The van der Waals surface area contributed by atoms with Crippen molar-refractivity contribution in [3.8, 4) is 0 Å². The van der Waals surface area contributed by atoms with Crippen molar-refractivity contribution in [3.05, 3.63) is 0 Å². The molecule has 0 aliphatic carbocycles. The molecule has 3 heteroatoms. The molecule has 1 saturated heterocycles. The summed E-state index contributed by atoms with van der Waals surface area (Å²) in [5, 5.41) is 3.46. The topological polar surface area (TPSA) is 30.5 Å². The highest BCUT2D eigenvalue weighted by molar-refractivity contribution is 4.62. The molecule has 0 bridgehead atoms. The molecule has 1 aliphatic rings. The Labute approximate surface area is 106 Å². The van der Waals surface area contributed by atoms with E-state index in [2.05, 4.69) is 19.2 Å². The first-order valence-corrected chi connectivity index (χ1v) is 7.15. The molecule has 1 atom stereocenters. The van der Waals surface area contributed by atoms with E-state index in [0.717, 1.165) is 45.4 Å². The van der Waals surface area contributed by atoms with Crippen LogP contribution in [0, 0.1) is 11.8 Å². The zero-order valence-corrected chi connectivity index (χ0v) is 11.5. The molecule has 0 aromatic heterocycles. The lowest BCUT2D eigenvalue weighted by Gasteiger charge is -2.09. The normalized spacial score (nSPS) is 20.3. The third-order valence-corrected chi connectivity index (χ3v) is 3.07. The number of unbranched alkanes of at least 4 members (excludes halogenated alkanes) is 2. The van der Waals surface area contributed by atoms with Crippen LogP contribution in [0.15, 0.2) is 0 Å². The van der Waals surface area contributed by atoms with Crippen LogP contribution in [-0.4, -0.2) is 39.5 Å². The average molecular weight is 243 g/mol. The number of hydrogen-bond acceptors (Lipinski definition) is 3. The van der Waals surface area contributed by atoms with Gasteiger partial charge in [-0.2, -0.15) is 0 Å². The number of hydrogen-bond donors (Lipinski definition) is 1. The number of nitrogens with one attached hydrogen (secondary N) is 1. The third-order valence-electron chi connectivity index (χ3n) is 3.07. The summed E-state index contributed by atoms with van der Waals surface area (Å²) in [7, 11) is 0. The molecule has 0 spiro atoms. The summed E-state index contributed by atoms with van der Waals surface area (Å²) >= 11 is 0. The lowest BCUT2D eigenvalue weighted by atomic mass is 10.1. The third kappa shape index (κ3) is 8.58. The van der Waals surface area contributed by atoms with Crippen LogP contribution in [0.3, 0.4) is 0 Å². The second kappa shape index (κ2) is 9.86. The van der Waals surface area contributed by atoms with E-state index in [9.17, 15) is 0 Å². The van der Waals surface area contributed by atoms with Gasteiger partial charge in [0, 0.05) is 19.1 Å². The fourth-order valence-electron chi connectivity index (χ4n) is 1.99. The van der Waals surface area contributed by atoms with E-state index in [1.807, 2.05) is 0 Å². The zero-order chi connectivity index (χ0) is 12.3. The van der Waals surface area contributed by atoms with E-state index in [4.69, 9.17) is 9.47 Å². The minimum Gasteiger partial charge on any atom is -0.381 e. The quantitative estimate of drug-likeness (QED) is 0.598. The maximum Gasteiger partial charge on any atom is 0.0517 e. The summed E-state index contributed by atoms with van der Waals surface area (Å²) in [5.74, 6) is 1.41. The van der Waals surface area contributed by atoms with Gasteiger partial charge < -0.3 is 14.8 Å². The smallest absolute Gasteiger partial charge is 0.0517 e. The largest absolute Gasteiger partial charge is 0.381 e. The standard InChI is InChI=1S/C14H29NO2/c1-13(2)10-15-7-4-3-5-8-16-11-14-6-9-17-12-14/h13-15H,3-12H2,1-2H3. The Morgan fingerprint density at radius 2 is 2.18 bits per heavy atom. The monoisotopic (exact) mass is 243 g/mol. The fourth-order valence-corrected chi connectivity index (χ4v) is 1.99. The molecule has 1 rings (SSSR count). The Morgan fingerprint density at radius 1 is 1.29 bits per heavy atom. The van der Waals surface area contributed by atoms with Crippen molar-refractivity contribution in [1.82, 2.24) is 5.32 Å². The molecule has 17 heavy (non-hydrogen) atoms. The van der Waals surface area contributed by atoms with Crippen LogP contribution < -0.4 is 5.32 Å². The molecule has 102 valence electrons. The van der Waals surface area contributed by atoms with E-state index in [0.29, 0.717) is 5.92 Å². The van der Waals surface area contributed by atoms with Crippen LogP contribution in [0.2, 0.25) is 0 Å². The van der Waals surface area contributed by atoms with Crippen LogP contribution in [0.25, 0.3) is 0 Å². The average Bonchev–Trinajstić information content (AvgIpc) is 2.79. The maximum atomic E-state index is 5.66. The summed E-state index contributed by atoms with van der Waals surface area (Å²) in [4.78, 5) is 0. The number of ether oxygens (including phenoxy) is 2. The van der Waals surface area contributed by atoms with Crippen molar-refractivity contribution >= 4 is 0 Å². The summed E-state index contributed by atoms with van der Waals surface area (Å²) < 4.78 is 11.0. The Morgan fingerprint density at radius 3 is 2.88 bits per heavy atom. The Hall–Kier alpha value is -0.120. The molecule has 1 heterocycles. The van der Waals surface area contributed by atoms with Gasteiger partial charge in [0.05, 0.1) is 13.2 Å². The minimum atomic E-state index is 0.655. The van der Waals surface area contributed by atoms with Crippen molar-refractivity contribution in [2.75, 3.05) is 39.5 Å². The highest BCUT2D eigenvalue weighted by Crippen LogP contribution is 2.12. The van der Waals surface area contributed by atoms with Gasteiger partial charge in [-0.1, -0.05) is 13.8 Å². The molecule has 0 aromatic carbocycles. The van der Waals surface area contributed by atoms with E-state index < -0.39 is 0 Å². The first-order valence-electron chi connectivity index (χ1n) is 7.15. The van der Waals surface area contributed by atoms with E-state index in [-0.39, 0.29) is 0 Å². The first kappa shape index (κ1) is 14.9. The van der Waals surface area contributed by atoms with Crippen LogP contribution in [0.1, 0.15) is 39.5 Å². The predicted molar refractivity (Wildman–Crippen MR) is 71.3 cm³/mol. The van der Waals surface area contributed by atoms with Crippen molar-refractivity contribution in [3.63, 3.8) is 0 Å². The molecule has 1 fully saturated rings. The highest BCUT2D eigenvalue weighted by Gasteiger charge is 2.14. The summed E-state index contributed by atoms with van der Waals surface area (Å²) in [6.07, 6.45) is 4.91. The van der Waals surface area contributed by atoms with Crippen LogP contribution >= 0.6 is 0 Å². The van der Waals surface area contributed by atoms with Gasteiger partial charge in [0.1, 0.15) is 0 Å². The lowest BCUT2D eigenvalue weighted by molar-refractivity contribution is 0.0872. The summed E-state index contributed by atoms with van der Waals surface area (Å²) in [6, 6.07) is 0.